The fraction of sp³-hybridized carbons (Fsp3) is 0.704. The second kappa shape index (κ2) is 24.3. The molecule has 64 heavy (non-hydrogen) atoms. The number of piperidine rings is 1. The lowest BCUT2D eigenvalue weighted by Crippen LogP contribution is -2.58. The summed E-state index contributed by atoms with van der Waals surface area (Å²) >= 11 is 0. The van der Waals surface area contributed by atoms with Crippen LogP contribution in [0.3, 0.4) is 0 Å². The molecule has 2 bridgehead atoms. The minimum atomic E-state index is -1.30. The summed E-state index contributed by atoms with van der Waals surface area (Å²) < 4.78 is 38.4. The first-order valence-corrected chi connectivity index (χ1v) is 24.8. The predicted octanol–water partition coefficient (Wildman–Crippen LogP) is 10.3. The Morgan fingerprint density at radius 2 is 1.50 bits per heavy atom. The van der Waals surface area contributed by atoms with E-state index in [9.17, 15) is 15.3 Å². The lowest BCUT2D eigenvalue weighted by atomic mass is 9.82. The zero-order chi connectivity index (χ0) is 45.8. The van der Waals surface area contributed by atoms with Gasteiger partial charge in [-0.1, -0.05) is 70.0 Å². The number of hydrogen-bond acceptors (Lipinski definition) is 10. The van der Waals surface area contributed by atoms with Crippen LogP contribution in [0.15, 0.2) is 77.9 Å². The molecule has 3 heterocycles. The molecule has 14 unspecified atom stereocenters. The van der Waals surface area contributed by atoms with Crippen molar-refractivity contribution in [2.24, 2.45) is 29.6 Å². The number of benzene rings is 2. The van der Waals surface area contributed by atoms with Gasteiger partial charge in [0, 0.05) is 45.1 Å². The van der Waals surface area contributed by atoms with Crippen LogP contribution in [0, 0.1) is 29.6 Å². The summed E-state index contributed by atoms with van der Waals surface area (Å²) in [5.41, 5.74) is 2.48. The third kappa shape index (κ3) is 13.9. The maximum Gasteiger partial charge on any atom is 0.169 e. The number of rotatable bonds is 9. The van der Waals surface area contributed by atoms with Crippen LogP contribution in [0.1, 0.15) is 125 Å². The van der Waals surface area contributed by atoms with Gasteiger partial charge in [0.2, 0.25) is 0 Å². The molecule has 0 radical (unpaired) electrons. The Bertz CT molecular complexity index is 1740. The standard InChI is InChI=1S/C54H83NO9/c1-9-41-18-24-47(56)40(6)52(38(4)32-42-19-25-48(57)49(34-42)63-46-22-20-45(21-23-46)62-44-16-11-10-12-17-44)61-35-43-15-13-14-27-55(43)28-26-54(58)39(5)33-51(60-8)53(64-54)50(59-7)31-37(3)29-36(2)30-41/h10-12,16-17,20-23,30,32,37,39-43,47-53,56-58H,9,13-15,18-19,24-29,31,33-35H2,1-8H3. The van der Waals surface area contributed by atoms with E-state index in [0.29, 0.717) is 62.8 Å². The van der Waals surface area contributed by atoms with Gasteiger partial charge in [-0.3, -0.25) is 4.90 Å². The molecule has 3 N–H and O–H groups in total. The van der Waals surface area contributed by atoms with E-state index >= 15 is 0 Å². The number of fused-ring (bicyclic) bond motifs is 3. The van der Waals surface area contributed by atoms with Gasteiger partial charge in [0.05, 0.1) is 37.1 Å². The quantitative estimate of drug-likeness (QED) is 0.210. The number of ether oxygens (including phenoxy) is 6. The van der Waals surface area contributed by atoms with Crippen molar-refractivity contribution in [2.75, 3.05) is 33.9 Å². The number of methoxy groups -OCH3 is 2. The van der Waals surface area contributed by atoms with Gasteiger partial charge in [-0.25, -0.2) is 0 Å². The van der Waals surface area contributed by atoms with Gasteiger partial charge in [0.25, 0.3) is 0 Å². The monoisotopic (exact) mass is 890 g/mol. The summed E-state index contributed by atoms with van der Waals surface area (Å²) in [5.74, 6) is 1.56. The highest BCUT2D eigenvalue weighted by Crippen LogP contribution is 2.40. The molecule has 14 atom stereocenters. The third-order valence-corrected chi connectivity index (χ3v) is 15.1. The van der Waals surface area contributed by atoms with Crippen molar-refractivity contribution < 1.29 is 43.7 Å². The summed E-state index contributed by atoms with van der Waals surface area (Å²) in [5, 5.41) is 35.4. The molecule has 10 heteroatoms. The number of hydrogen-bond donors (Lipinski definition) is 3. The molecule has 1 aliphatic carbocycles. The van der Waals surface area contributed by atoms with Crippen LogP contribution in [-0.2, 0) is 18.9 Å². The Balaban J connectivity index is 1.20. The van der Waals surface area contributed by atoms with Gasteiger partial charge in [0.15, 0.2) is 5.79 Å². The van der Waals surface area contributed by atoms with Gasteiger partial charge in [0.1, 0.15) is 29.5 Å². The van der Waals surface area contributed by atoms with E-state index < -0.39 is 18.0 Å². The smallest absolute Gasteiger partial charge is 0.169 e. The van der Waals surface area contributed by atoms with Crippen molar-refractivity contribution >= 4 is 0 Å². The van der Waals surface area contributed by atoms with Gasteiger partial charge >= 0.3 is 0 Å². The first-order chi connectivity index (χ1) is 30.8. The molecular formula is C54H83NO9. The van der Waals surface area contributed by atoms with Gasteiger partial charge in [-0.2, -0.15) is 0 Å². The van der Waals surface area contributed by atoms with Crippen molar-refractivity contribution in [1.29, 1.82) is 0 Å². The van der Waals surface area contributed by atoms with Crippen LogP contribution in [0.4, 0.5) is 0 Å². The average Bonchev–Trinajstić information content (AvgIpc) is 3.29. The van der Waals surface area contributed by atoms with E-state index in [4.69, 9.17) is 28.4 Å². The lowest BCUT2D eigenvalue weighted by molar-refractivity contribution is -0.324. The summed E-state index contributed by atoms with van der Waals surface area (Å²) in [6.07, 6.45) is 13.3. The largest absolute Gasteiger partial charge is 0.488 e. The Labute approximate surface area is 385 Å². The zero-order valence-electron chi connectivity index (χ0n) is 40.4. The average molecular weight is 890 g/mol. The van der Waals surface area contributed by atoms with Gasteiger partial charge in [-0.05, 0) is 151 Å². The SMILES string of the molecule is CCC1C=C(C)CC(C)CC(OC)C2OC(O)(CCN3CCCCC3COC(C(C)=CC3CCC(O)C(Oc4ccc(Oc5ccccc5)cc4)C3)C(C)C(O)CC1)C(C)CC2OC. The highest BCUT2D eigenvalue weighted by atomic mass is 16.7. The maximum absolute atomic E-state index is 12.3. The molecule has 358 valence electrons. The van der Waals surface area contributed by atoms with E-state index in [0.717, 1.165) is 75.0 Å². The van der Waals surface area contributed by atoms with Crippen LogP contribution >= 0.6 is 0 Å². The molecule has 10 nitrogen and oxygen atoms in total. The highest BCUT2D eigenvalue weighted by molar-refractivity contribution is 5.35. The minimum absolute atomic E-state index is 0.105. The Morgan fingerprint density at radius 3 is 2.22 bits per heavy atom. The molecule has 0 amide bonds. The predicted molar refractivity (Wildman–Crippen MR) is 254 cm³/mol. The Kier molecular flexibility index (Phi) is 19.2. The molecular weight excluding hydrogens is 807 g/mol. The van der Waals surface area contributed by atoms with Crippen molar-refractivity contribution in [2.45, 2.75) is 180 Å². The number of aliphatic hydroxyl groups excluding tert-OH is 2. The fourth-order valence-electron chi connectivity index (χ4n) is 11.1. The van der Waals surface area contributed by atoms with Crippen molar-refractivity contribution in [3.8, 4) is 17.2 Å². The summed E-state index contributed by atoms with van der Waals surface area (Å²) in [6.45, 7) is 15.3. The maximum atomic E-state index is 12.3. The highest BCUT2D eigenvalue weighted by Gasteiger charge is 2.49. The van der Waals surface area contributed by atoms with Crippen LogP contribution in [0.25, 0.3) is 0 Å². The zero-order valence-corrected chi connectivity index (χ0v) is 40.4. The molecule has 2 aromatic carbocycles. The van der Waals surface area contributed by atoms with Crippen LogP contribution < -0.4 is 9.47 Å². The second-order valence-corrected chi connectivity index (χ2v) is 20.1. The fourth-order valence-corrected chi connectivity index (χ4v) is 11.1. The van der Waals surface area contributed by atoms with E-state index in [1.54, 1.807) is 14.2 Å². The molecule has 0 aromatic heterocycles. The second-order valence-electron chi connectivity index (χ2n) is 20.1. The number of aliphatic hydroxyl groups is 3. The van der Waals surface area contributed by atoms with Crippen molar-refractivity contribution in [3.63, 3.8) is 0 Å². The molecule has 1 saturated carbocycles. The Morgan fingerprint density at radius 1 is 0.812 bits per heavy atom. The number of para-hydroxylation sites is 1. The van der Waals surface area contributed by atoms with Gasteiger partial charge in [-0.15, -0.1) is 0 Å². The van der Waals surface area contributed by atoms with Crippen LogP contribution in [-0.4, -0.2) is 109 Å². The minimum Gasteiger partial charge on any atom is -0.488 e. The van der Waals surface area contributed by atoms with Crippen LogP contribution in [0.5, 0.6) is 17.2 Å². The van der Waals surface area contributed by atoms with Crippen LogP contribution in [0.2, 0.25) is 0 Å². The Hall–Kier alpha value is -2.80. The summed E-state index contributed by atoms with van der Waals surface area (Å²) in [7, 11) is 3.50. The molecule has 2 aromatic rings. The summed E-state index contributed by atoms with van der Waals surface area (Å²) in [4.78, 5) is 2.50. The number of nitrogens with zero attached hydrogens (tertiary/aromatic N) is 1. The third-order valence-electron chi connectivity index (χ3n) is 15.1. The molecule has 2 saturated heterocycles. The lowest BCUT2D eigenvalue weighted by Gasteiger charge is -2.48. The molecule has 3 aliphatic heterocycles. The van der Waals surface area contributed by atoms with E-state index in [2.05, 4.69) is 58.6 Å². The van der Waals surface area contributed by atoms with E-state index in [1.807, 2.05) is 54.6 Å². The van der Waals surface area contributed by atoms with E-state index in [1.165, 1.54) is 5.57 Å². The normalized spacial score (nSPS) is 37.1. The van der Waals surface area contributed by atoms with E-state index in [-0.39, 0.29) is 54.3 Å². The number of allylic oxidation sites excluding steroid dienone is 3. The van der Waals surface area contributed by atoms with Gasteiger partial charge < -0.3 is 43.7 Å². The molecule has 3 fully saturated rings. The topological polar surface area (TPSA) is 119 Å². The molecule has 0 spiro atoms. The van der Waals surface area contributed by atoms with Crippen molar-refractivity contribution in [3.05, 3.63) is 77.9 Å². The first kappa shape index (κ1) is 50.6. The first-order valence-electron chi connectivity index (χ1n) is 24.8. The summed E-state index contributed by atoms with van der Waals surface area (Å²) in [6, 6.07) is 17.5. The molecule has 4 aliphatic rings. The van der Waals surface area contributed by atoms with Crippen molar-refractivity contribution in [1.82, 2.24) is 4.90 Å². The molecule has 6 rings (SSSR count).